The number of likely N-dealkylation sites (N-methyl/N-ethyl adjacent to an activating group) is 1. The lowest BCUT2D eigenvalue weighted by Crippen LogP contribution is -2.74. The largest absolute Gasteiger partial charge is 0.481 e. The van der Waals surface area contributed by atoms with Crippen molar-refractivity contribution in [1.29, 1.82) is 0 Å². The van der Waals surface area contributed by atoms with E-state index in [9.17, 15) is 23.9 Å². The molecule has 35 heavy (non-hydrogen) atoms. The number of aliphatic carboxylic acids is 1. The summed E-state index contributed by atoms with van der Waals surface area (Å²) >= 11 is 0. The molecule has 2 N–H and O–H groups in total. The first kappa shape index (κ1) is 26.8. The molecule has 1 aromatic carbocycles. The average molecular weight is 494 g/mol. The predicted molar refractivity (Wildman–Crippen MR) is 127 cm³/mol. The molecule has 0 saturated carbocycles. The zero-order valence-electron chi connectivity index (χ0n) is 20.5. The number of hydrogen-bond donors (Lipinski definition) is 2. The van der Waals surface area contributed by atoms with Crippen LogP contribution in [0.2, 0.25) is 0 Å². The summed E-state index contributed by atoms with van der Waals surface area (Å²) in [5.74, 6) is -1.54. The van der Waals surface area contributed by atoms with Gasteiger partial charge in [0, 0.05) is 46.4 Å². The highest BCUT2D eigenvalue weighted by molar-refractivity contribution is 5.83. The zero-order chi connectivity index (χ0) is 25.4. The van der Waals surface area contributed by atoms with Crippen molar-refractivity contribution in [3.8, 4) is 0 Å². The molecule has 1 aromatic rings. The van der Waals surface area contributed by atoms with Crippen molar-refractivity contribution in [1.82, 2.24) is 25.1 Å². The van der Waals surface area contributed by atoms with Crippen LogP contribution >= 0.6 is 0 Å². The molecule has 194 valence electrons. The second-order valence-electron chi connectivity index (χ2n) is 9.06. The van der Waals surface area contributed by atoms with E-state index in [0.717, 1.165) is 31.4 Å². The lowest BCUT2D eigenvalue weighted by Gasteiger charge is -2.55. The van der Waals surface area contributed by atoms with E-state index in [4.69, 9.17) is 4.74 Å². The van der Waals surface area contributed by atoms with Crippen LogP contribution in [0.4, 0.5) is 9.18 Å². The van der Waals surface area contributed by atoms with Gasteiger partial charge >= 0.3 is 12.0 Å². The first-order chi connectivity index (χ1) is 16.8. The Kier molecular flexibility index (Phi) is 9.82. The van der Waals surface area contributed by atoms with Crippen LogP contribution in [-0.2, 0) is 20.9 Å². The van der Waals surface area contributed by atoms with Gasteiger partial charge < -0.3 is 20.1 Å². The number of hydrogen-bond acceptors (Lipinski definition) is 6. The van der Waals surface area contributed by atoms with E-state index in [1.54, 1.807) is 29.1 Å². The highest BCUT2D eigenvalue weighted by Crippen LogP contribution is 2.26. The maximum absolute atomic E-state index is 13.2. The molecule has 3 amide bonds. The Balaban J connectivity index is 1.70. The van der Waals surface area contributed by atoms with E-state index in [1.807, 2.05) is 0 Å². The van der Waals surface area contributed by atoms with E-state index in [2.05, 4.69) is 17.1 Å². The number of nitrogens with zero attached hydrogens (tertiary/aromatic N) is 4. The fourth-order valence-corrected chi connectivity index (χ4v) is 4.61. The van der Waals surface area contributed by atoms with Crippen LogP contribution in [0.15, 0.2) is 24.3 Å². The molecule has 2 atom stereocenters. The van der Waals surface area contributed by atoms with Crippen LogP contribution in [0.25, 0.3) is 0 Å². The first-order valence-corrected chi connectivity index (χ1v) is 12.2. The highest BCUT2D eigenvalue weighted by Gasteiger charge is 2.47. The van der Waals surface area contributed by atoms with Crippen molar-refractivity contribution in [3.05, 3.63) is 35.6 Å². The van der Waals surface area contributed by atoms with Gasteiger partial charge in [-0.1, -0.05) is 25.5 Å². The number of rotatable bonds is 11. The number of urea groups is 1. The summed E-state index contributed by atoms with van der Waals surface area (Å²) in [7, 11) is 1.67. The predicted octanol–water partition coefficient (Wildman–Crippen LogP) is 1.72. The molecular formula is C24H36FN5O5. The zero-order valence-corrected chi connectivity index (χ0v) is 20.5. The van der Waals surface area contributed by atoms with E-state index >= 15 is 0 Å². The Morgan fingerprint density at radius 2 is 1.89 bits per heavy atom. The molecule has 0 spiro atoms. The molecule has 2 aliphatic heterocycles. The minimum absolute atomic E-state index is 0.0259. The maximum Gasteiger partial charge on any atom is 0.334 e. The van der Waals surface area contributed by atoms with Crippen molar-refractivity contribution < 1.29 is 28.6 Å². The number of ether oxygens (including phenoxy) is 1. The average Bonchev–Trinajstić information content (AvgIpc) is 2.80. The standard InChI is InChI=1S/C24H36FN5O5/c1-3-4-11-35-12-5-10-28-15-20(13-23(32)33)29-21(16-28)30(27(2)17-22(29)31)24(34)26-14-18-6-8-19(25)9-7-18/h6-9,20-21H,3-5,10-17H2,1-2H3,(H,26,34)(H,32,33)/t20-,21-/m0/s1. The van der Waals surface area contributed by atoms with Crippen molar-refractivity contribution in [2.24, 2.45) is 0 Å². The molecule has 3 rings (SSSR count). The molecule has 0 radical (unpaired) electrons. The van der Waals surface area contributed by atoms with Crippen LogP contribution in [0.1, 0.15) is 38.2 Å². The number of unbranched alkanes of at least 4 members (excludes halogenated alkanes) is 1. The third-order valence-electron chi connectivity index (χ3n) is 6.29. The quantitative estimate of drug-likeness (QED) is 0.452. The van der Waals surface area contributed by atoms with Crippen molar-refractivity contribution in [3.63, 3.8) is 0 Å². The molecule has 2 fully saturated rings. The number of benzene rings is 1. The molecule has 10 nitrogen and oxygen atoms in total. The number of carboxylic acid groups (broad SMARTS) is 1. The van der Waals surface area contributed by atoms with E-state index in [0.29, 0.717) is 26.2 Å². The number of nitrogens with one attached hydrogen (secondary N) is 1. The van der Waals surface area contributed by atoms with Crippen LogP contribution < -0.4 is 5.32 Å². The van der Waals surface area contributed by atoms with Crippen LogP contribution in [0, 0.1) is 5.82 Å². The van der Waals surface area contributed by atoms with Crippen molar-refractivity contribution in [2.45, 2.75) is 51.4 Å². The molecule has 0 bridgehead atoms. The Morgan fingerprint density at radius 1 is 1.17 bits per heavy atom. The lowest BCUT2D eigenvalue weighted by molar-refractivity contribution is -0.181. The van der Waals surface area contributed by atoms with Gasteiger partial charge in [0.15, 0.2) is 0 Å². The number of hydrazine groups is 1. The van der Waals surface area contributed by atoms with E-state index in [1.165, 1.54) is 17.1 Å². The van der Waals surface area contributed by atoms with Crippen LogP contribution in [0.5, 0.6) is 0 Å². The Morgan fingerprint density at radius 3 is 2.57 bits per heavy atom. The summed E-state index contributed by atoms with van der Waals surface area (Å²) in [6.07, 6.45) is 2.03. The Labute approximate surface area is 205 Å². The highest BCUT2D eigenvalue weighted by atomic mass is 19.1. The van der Waals surface area contributed by atoms with Gasteiger partial charge in [0.2, 0.25) is 5.91 Å². The SMILES string of the molecule is CCCCOCCCN1C[C@H](CC(=O)O)N2C(=O)CN(C)N(C(=O)NCc3ccc(F)cc3)[C@H]2C1. The number of fused-ring (bicyclic) bond motifs is 1. The Hall–Kier alpha value is -2.76. The maximum atomic E-state index is 13.2. The van der Waals surface area contributed by atoms with Crippen LogP contribution in [-0.4, -0.2) is 101 Å². The number of carboxylic acids is 1. The monoisotopic (exact) mass is 493 g/mol. The third-order valence-corrected chi connectivity index (χ3v) is 6.29. The molecule has 0 aromatic heterocycles. The van der Waals surface area contributed by atoms with Gasteiger partial charge in [-0.3, -0.25) is 14.5 Å². The lowest BCUT2D eigenvalue weighted by atomic mass is 10.0. The molecule has 0 unspecified atom stereocenters. The number of piperazine rings is 1. The van der Waals surface area contributed by atoms with Crippen molar-refractivity contribution in [2.75, 3.05) is 46.4 Å². The van der Waals surface area contributed by atoms with Gasteiger partial charge in [-0.25, -0.2) is 19.2 Å². The number of amides is 3. The summed E-state index contributed by atoms with van der Waals surface area (Å²) in [5, 5.41) is 15.4. The topological polar surface area (TPSA) is 106 Å². The van der Waals surface area contributed by atoms with Gasteiger partial charge in [-0.2, -0.15) is 0 Å². The summed E-state index contributed by atoms with van der Waals surface area (Å²) in [4.78, 5) is 41.4. The normalized spacial score (nSPS) is 21.2. The summed E-state index contributed by atoms with van der Waals surface area (Å²) in [6, 6.07) is 4.91. The van der Waals surface area contributed by atoms with Gasteiger partial charge in [-0.05, 0) is 30.5 Å². The molecular weight excluding hydrogens is 457 g/mol. The second-order valence-corrected chi connectivity index (χ2v) is 9.06. The van der Waals surface area contributed by atoms with Gasteiger partial charge in [0.05, 0.1) is 19.0 Å². The molecule has 0 aliphatic carbocycles. The third kappa shape index (κ3) is 7.36. The number of carbonyl (C=O) groups excluding carboxylic acids is 2. The molecule has 2 aliphatic rings. The van der Waals surface area contributed by atoms with Gasteiger partial charge in [0.1, 0.15) is 12.0 Å². The van der Waals surface area contributed by atoms with E-state index in [-0.39, 0.29) is 31.2 Å². The van der Waals surface area contributed by atoms with Crippen molar-refractivity contribution >= 4 is 17.9 Å². The summed E-state index contributed by atoms with van der Waals surface area (Å²) < 4.78 is 18.8. The smallest absolute Gasteiger partial charge is 0.334 e. The fourth-order valence-electron chi connectivity index (χ4n) is 4.61. The number of carbonyl (C=O) groups is 3. The van der Waals surface area contributed by atoms with E-state index < -0.39 is 24.2 Å². The minimum Gasteiger partial charge on any atom is -0.481 e. The Bertz CT molecular complexity index is 870. The van der Waals surface area contributed by atoms with Gasteiger partial charge in [0.25, 0.3) is 0 Å². The molecule has 2 heterocycles. The first-order valence-electron chi connectivity index (χ1n) is 12.2. The minimum atomic E-state index is -0.988. The fraction of sp³-hybridized carbons (Fsp3) is 0.625. The number of halogens is 1. The molecule has 11 heteroatoms. The summed E-state index contributed by atoms with van der Waals surface area (Å²) in [6.45, 7) is 5.11. The summed E-state index contributed by atoms with van der Waals surface area (Å²) in [5.41, 5.74) is 0.740. The molecule has 2 saturated heterocycles. The second kappa shape index (κ2) is 12.8. The van der Waals surface area contributed by atoms with Gasteiger partial charge in [-0.15, -0.1) is 0 Å². The van der Waals surface area contributed by atoms with Crippen LogP contribution in [0.3, 0.4) is 0 Å².